The molecule has 0 aliphatic heterocycles. The van der Waals surface area contributed by atoms with Gasteiger partial charge in [-0.15, -0.1) is 0 Å². The number of hydrogen-bond donors (Lipinski definition) is 2. The fourth-order valence-corrected chi connectivity index (χ4v) is 2.23. The molecule has 0 aromatic heterocycles. The van der Waals surface area contributed by atoms with Crippen LogP contribution in [0.1, 0.15) is 24.8 Å². The highest BCUT2D eigenvalue weighted by Gasteiger charge is 2.15. The van der Waals surface area contributed by atoms with E-state index in [1.807, 2.05) is 42.6 Å². The van der Waals surface area contributed by atoms with Crippen molar-refractivity contribution in [2.24, 2.45) is 0 Å². The molecule has 0 spiro atoms. The average molecular weight is 358 g/mol. The van der Waals surface area contributed by atoms with Gasteiger partial charge in [-0.1, -0.05) is 49.4 Å². The van der Waals surface area contributed by atoms with Gasteiger partial charge in [0.2, 0.25) is 0 Å². The average Bonchev–Trinajstić information content (AvgIpc) is 2.62. The minimum absolute atomic E-state index is 0.0592. The van der Waals surface area contributed by atoms with Crippen LogP contribution < -0.4 is 10.6 Å². The predicted molar refractivity (Wildman–Crippen MR) is 94.0 cm³/mol. The lowest BCUT2D eigenvalue weighted by Gasteiger charge is -2.11. The van der Waals surface area contributed by atoms with Crippen molar-refractivity contribution in [3.63, 3.8) is 0 Å². The monoisotopic (exact) mass is 358 g/mol. The number of amides is 3. The number of ether oxygens (including phenoxy) is 1. The Hall–Kier alpha value is -3.22. The van der Waals surface area contributed by atoms with E-state index in [1.165, 1.54) is 24.3 Å². The van der Waals surface area contributed by atoms with Crippen molar-refractivity contribution in [1.29, 1.82) is 0 Å². The van der Waals surface area contributed by atoms with Crippen LogP contribution in [0.25, 0.3) is 0 Å². The van der Waals surface area contributed by atoms with E-state index in [-0.39, 0.29) is 18.0 Å². The number of nitrogens with one attached hydrogen (secondary N) is 2. The first-order valence-corrected chi connectivity index (χ1v) is 8.01. The summed E-state index contributed by atoms with van der Waals surface area (Å²) in [5.41, 5.74) is 0.921. The Morgan fingerprint density at radius 3 is 2.38 bits per heavy atom. The van der Waals surface area contributed by atoms with Crippen molar-refractivity contribution in [2.75, 3.05) is 11.9 Å². The van der Waals surface area contributed by atoms with Gasteiger partial charge in [0.05, 0.1) is 12.1 Å². The number of para-hydroxylation sites is 1. The van der Waals surface area contributed by atoms with Crippen LogP contribution in [0, 0.1) is 5.82 Å². The second kappa shape index (κ2) is 9.31. The molecule has 0 radical (unpaired) electrons. The fourth-order valence-electron chi connectivity index (χ4n) is 2.23. The number of halogens is 1. The summed E-state index contributed by atoms with van der Waals surface area (Å²) in [7, 11) is 0. The van der Waals surface area contributed by atoms with Crippen molar-refractivity contribution in [1.82, 2.24) is 5.32 Å². The van der Waals surface area contributed by atoms with E-state index in [4.69, 9.17) is 4.74 Å². The molecule has 3 amide bonds. The highest BCUT2D eigenvalue weighted by molar-refractivity contribution is 6.01. The van der Waals surface area contributed by atoms with E-state index in [1.54, 1.807) is 0 Å². The molecule has 0 saturated carbocycles. The third kappa shape index (κ3) is 6.01. The third-order valence-electron chi connectivity index (χ3n) is 3.58. The van der Waals surface area contributed by atoms with Crippen LogP contribution in [0.3, 0.4) is 0 Å². The number of anilines is 1. The number of carbonyl (C=O) groups is 3. The lowest BCUT2D eigenvalue weighted by atomic mass is 9.98. The van der Waals surface area contributed by atoms with Crippen LogP contribution in [0.2, 0.25) is 0 Å². The normalized spacial score (nSPS) is 11.3. The largest absolute Gasteiger partial charge is 0.456 e. The molecule has 0 fully saturated rings. The zero-order chi connectivity index (χ0) is 18.9. The van der Waals surface area contributed by atoms with E-state index in [9.17, 15) is 18.8 Å². The van der Waals surface area contributed by atoms with Crippen LogP contribution in [0.4, 0.5) is 14.9 Å². The molecule has 2 aromatic carbocycles. The van der Waals surface area contributed by atoms with E-state index >= 15 is 0 Å². The van der Waals surface area contributed by atoms with Crippen LogP contribution in [-0.2, 0) is 14.3 Å². The Bertz CT molecular complexity index is 780. The summed E-state index contributed by atoms with van der Waals surface area (Å²) in [6.07, 6.45) is 0.110. The highest BCUT2D eigenvalue weighted by atomic mass is 19.1. The minimum Gasteiger partial charge on any atom is -0.456 e. The van der Waals surface area contributed by atoms with Crippen molar-refractivity contribution < 1.29 is 23.5 Å². The molecule has 6 nitrogen and oxygen atoms in total. The van der Waals surface area contributed by atoms with Crippen LogP contribution in [0.5, 0.6) is 0 Å². The molecule has 2 N–H and O–H groups in total. The maximum absolute atomic E-state index is 13.4. The second-order valence-corrected chi connectivity index (χ2v) is 5.66. The summed E-state index contributed by atoms with van der Waals surface area (Å²) in [4.78, 5) is 35.1. The van der Waals surface area contributed by atoms with Gasteiger partial charge in [-0.3, -0.25) is 14.9 Å². The quantitative estimate of drug-likeness (QED) is 0.777. The van der Waals surface area contributed by atoms with Crippen molar-refractivity contribution in [3.8, 4) is 0 Å². The first-order chi connectivity index (χ1) is 12.5. The third-order valence-corrected chi connectivity index (χ3v) is 3.58. The lowest BCUT2D eigenvalue weighted by Crippen LogP contribution is -2.37. The Kier molecular flexibility index (Phi) is 6.84. The molecular weight excluding hydrogens is 339 g/mol. The van der Waals surface area contributed by atoms with Gasteiger partial charge in [-0.05, 0) is 23.6 Å². The van der Waals surface area contributed by atoms with E-state index in [0.717, 1.165) is 5.56 Å². The molecule has 0 aliphatic carbocycles. The number of imide groups is 1. The van der Waals surface area contributed by atoms with Gasteiger partial charge in [0.15, 0.2) is 6.61 Å². The molecule has 26 heavy (non-hydrogen) atoms. The number of rotatable bonds is 6. The van der Waals surface area contributed by atoms with Crippen molar-refractivity contribution in [3.05, 3.63) is 66.0 Å². The zero-order valence-corrected chi connectivity index (χ0v) is 14.2. The molecule has 0 saturated heterocycles. The van der Waals surface area contributed by atoms with Crippen molar-refractivity contribution in [2.45, 2.75) is 19.3 Å². The summed E-state index contributed by atoms with van der Waals surface area (Å²) in [5, 5.41) is 4.16. The number of benzene rings is 2. The summed E-state index contributed by atoms with van der Waals surface area (Å²) < 4.78 is 18.3. The summed E-state index contributed by atoms with van der Waals surface area (Å²) in [6.45, 7) is 1.28. The predicted octanol–water partition coefficient (Wildman–Crippen LogP) is 3.21. The van der Waals surface area contributed by atoms with Gasteiger partial charge in [0.1, 0.15) is 5.82 Å². The summed E-state index contributed by atoms with van der Waals surface area (Å²) >= 11 is 0. The molecular formula is C19H19FN2O4. The van der Waals surface area contributed by atoms with Gasteiger partial charge in [-0.2, -0.15) is 0 Å². The minimum atomic E-state index is -0.909. The summed E-state index contributed by atoms with van der Waals surface area (Å²) in [5.74, 6) is -2.04. The van der Waals surface area contributed by atoms with Crippen LogP contribution in [-0.4, -0.2) is 24.5 Å². The van der Waals surface area contributed by atoms with E-state index < -0.39 is 30.3 Å². The molecule has 0 heterocycles. The molecule has 2 rings (SSSR count). The lowest BCUT2D eigenvalue weighted by molar-refractivity contribution is -0.148. The van der Waals surface area contributed by atoms with Crippen LogP contribution in [0.15, 0.2) is 54.6 Å². The Balaban J connectivity index is 1.73. The van der Waals surface area contributed by atoms with Crippen molar-refractivity contribution >= 4 is 23.6 Å². The first kappa shape index (κ1) is 19.1. The standard InChI is InChI=1S/C19H19FN2O4/c1-13(14-7-3-2-4-8-14)11-18(24)26-12-17(23)22-19(25)21-16-10-6-5-9-15(16)20/h2-10,13H,11-12H2,1H3,(H2,21,22,23,25)/t13-/m0/s1. The number of hydrogen-bond acceptors (Lipinski definition) is 4. The highest BCUT2D eigenvalue weighted by Crippen LogP contribution is 2.18. The number of esters is 1. The Morgan fingerprint density at radius 2 is 1.69 bits per heavy atom. The van der Waals surface area contributed by atoms with Gasteiger partial charge < -0.3 is 10.1 Å². The van der Waals surface area contributed by atoms with Gasteiger partial charge in [0.25, 0.3) is 5.91 Å². The number of urea groups is 1. The topological polar surface area (TPSA) is 84.5 Å². The number of carbonyl (C=O) groups excluding carboxylic acids is 3. The smallest absolute Gasteiger partial charge is 0.326 e. The molecule has 0 unspecified atom stereocenters. The van der Waals surface area contributed by atoms with Gasteiger partial charge >= 0.3 is 12.0 Å². The van der Waals surface area contributed by atoms with Crippen LogP contribution >= 0.6 is 0 Å². The summed E-state index contributed by atoms with van der Waals surface area (Å²) in [6, 6.07) is 14.1. The fraction of sp³-hybridized carbons (Fsp3) is 0.211. The van der Waals surface area contributed by atoms with Gasteiger partial charge in [0, 0.05) is 0 Å². The van der Waals surface area contributed by atoms with E-state index in [2.05, 4.69) is 5.32 Å². The Morgan fingerprint density at radius 1 is 1.04 bits per heavy atom. The molecule has 0 bridgehead atoms. The second-order valence-electron chi connectivity index (χ2n) is 5.66. The zero-order valence-electron chi connectivity index (χ0n) is 14.2. The van der Waals surface area contributed by atoms with E-state index in [0.29, 0.717) is 0 Å². The SMILES string of the molecule is C[C@@H](CC(=O)OCC(=O)NC(=O)Nc1ccccc1F)c1ccccc1. The maximum atomic E-state index is 13.4. The molecule has 0 aliphatic rings. The Labute approximate surface area is 150 Å². The van der Waals surface area contributed by atoms with Gasteiger partial charge in [-0.25, -0.2) is 9.18 Å². The first-order valence-electron chi connectivity index (χ1n) is 8.01. The molecule has 2 aromatic rings. The maximum Gasteiger partial charge on any atom is 0.326 e. The molecule has 7 heteroatoms. The molecule has 136 valence electrons. The molecule has 1 atom stereocenters.